The van der Waals surface area contributed by atoms with Crippen molar-refractivity contribution in [3.63, 3.8) is 0 Å². The van der Waals surface area contributed by atoms with Crippen molar-refractivity contribution in [1.82, 2.24) is 19.1 Å². The number of alkyl halides is 1. The summed E-state index contributed by atoms with van der Waals surface area (Å²) in [4.78, 5) is 33.1. The third kappa shape index (κ3) is 3.89. The maximum Gasteiger partial charge on any atom is 0.330 e. The molecular weight excluding hydrogens is 406 g/mol. The first-order valence-electron chi connectivity index (χ1n) is 10.3. The summed E-state index contributed by atoms with van der Waals surface area (Å²) in [5.41, 5.74) is 6.54. The van der Waals surface area contributed by atoms with Crippen molar-refractivity contribution < 1.29 is 13.6 Å². The molecule has 8 nitrogen and oxygen atoms in total. The zero-order chi connectivity index (χ0) is 22.1. The molecule has 0 atom stereocenters. The highest BCUT2D eigenvalue weighted by molar-refractivity contribution is 5.94. The third-order valence-electron chi connectivity index (χ3n) is 5.78. The van der Waals surface area contributed by atoms with Crippen LogP contribution in [0.5, 0.6) is 0 Å². The van der Waals surface area contributed by atoms with Gasteiger partial charge in [0, 0.05) is 11.7 Å². The first-order valence-corrected chi connectivity index (χ1v) is 10.3. The van der Waals surface area contributed by atoms with Gasteiger partial charge in [-0.3, -0.25) is 13.9 Å². The second-order valence-electron chi connectivity index (χ2n) is 7.82. The lowest BCUT2D eigenvalue weighted by atomic mass is 9.95. The number of aromatic nitrogens is 4. The molecule has 2 aromatic heterocycles. The molecule has 1 saturated carbocycles. The van der Waals surface area contributed by atoms with Crippen molar-refractivity contribution in [1.29, 1.82) is 0 Å². The first-order chi connectivity index (χ1) is 14.9. The number of benzene rings is 1. The molecule has 1 aliphatic rings. The van der Waals surface area contributed by atoms with Gasteiger partial charge < -0.3 is 11.1 Å². The topological polar surface area (TPSA) is 108 Å². The number of primary amides is 1. The molecule has 0 saturated heterocycles. The van der Waals surface area contributed by atoms with Crippen LogP contribution in [0.4, 0.5) is 20.4 Å². The molecule has 4 rings (SSSR count). The Morgan fingerprint density at radius 1 is 1.29 bits per heavy atom. The monoisotopic (exact) mass is 430 g/mol. The summed E-state index contributed by atoms with van der Waals surface area (Å²) in [6.07, 6.45) is 6.37. The molecule has 1 fully saturated rings. The molecule has 0 unspecified atom stereocenters. The Hall–Kier alpha value is -3.30. The van der Waals surface area contributed by atoms with Crippen molar-refractivity contribution >= 4 is 28.7 Å². The molecule has 31 heavy (non-hydrogen) atoms. The lowest BCUT2D eigenvalue weighted by Gasteiger charge is -2.22. The van der Waals surface area contributed by atoms with Gasteiger partial charge in [-0.2, -0.15) is 4.98 Å². The van der Waals surface area contributed by atoms with Crippen molar-refractivity contribution in [2.45, 2.75) is 51.6 Å². The number of fused-ring (bicyclic) bond motifs is 1. The van der Waals surface area contributed by atoms with Gasteiger partial charge in [-0.1, -0.05) is 19.3 Å². The Labute approximate surface area is 177 Å². The van der Waals surface area contributed by atoms with Gasteiger partial charge in [-0.15, -0.1) is 0 Å². The second kappa shape index (κ2) is 8.44. The number of nitrogens with one attached hydrogen (secondary N) is 1. The molecule has 0 aliphatic heterocycles. The number of anilines is 2. The highest BCUT2D eigenvalue weighted by Crippen LogP contribution is 2.30. The van der Waals surface area contributed by atoms with E-state index in [1.165, 1.54) is 16.8 Å². The summed E-state index contributed by atoms with van der Waals surface area (Å²) in [5, 5.41) is 2.95. The minimum atomic E-state index is -0.851. The van der Waals surface area contributed by atoms with Crippen LogP contribution in [0, 0.1) is 12.7 Å². The van der Waals surface area contributed by atoms with E-state index in [9.17, 15) is 18.4 Å². The van der Waals surface area contributed by atoms with Crippen LogP contribution in [0.1, 0.15) is 54.1 Å². The smallest absolute Gasteiger partial charge is 0.330 e. The molecule has 1 amide bonds. The minimum Gasteiger partial charge on any atom is -0.366 e. The average molecular weight is 430 g/mol. The SMILES string of the molecule is Cc1cc(C(N)=O)c(F)cc1Nc1ncc2c(n1)n(C1CCCCC1)c(=O)n2CCF. The Bertz CT molecular complexity index is 1200. The Balaban J connectivity index is 1.78. The van der Waals surface area contributed by atoms with Gasteiger partial charge in [0.25, 0.3) is 5.91 Å². The van der Waals surface area contributed by atoms with E-state index < -0.39 is 18.4 Å². The normalized spacial score (nSPS) is 14.8. The summed E-state index contributed by atoms with van der Waals surface area (Å²) in [6, 6.07) is 2.51. The van der Waals surface area contributed by atoms with E-state index in [4.69, 9.17) is 5.73 Å². The highest BCUT2D eigenvalue weighted by atomic mass is 19.1. The van der Waals surface area contributed by atoms with E-state index in [0.29, 0.717) is 22.4 Å². The van der Waals surface area contributed by atoms with E-state index in [1.807, 2.05) is 0 Å². The number of rotatable bonds is 6. The Kier molecular flexibility index (Phi) is 5.71. The van der Waals surface area contributed by atoms with Crippen molar-refractivity contribution in [2.75, 3.05) is 12.0 Å². The van der Waals surface area contributed by atoms with E-state index in [2.05, 4.69) is 15.3 Å². The number of carbonyl (C=O) groups is 1. The quantitative estimate of drug-likeness (QED) is 0.624. The predicted molar refractivity (Wildman–Crippen MR) is 113 cm³/mol. The number of carbonyl (C=O) groups excluding carboxylic acids is 1. The number of nitrogens with two attached hydrogens (primary N) is 1. The summed E-state index contributed by atoms with van der Waals surface area (Å²) < 4.78 is 30.3. The number of halogens is 2. The van der Waals surface area contributed by atoms with Crippen molar-refractivity contribution in [2.24, 2.45) is 5.73 Å². The van der Waals surface area contributed by atoms with Crippen LogP contribution in [-0.4, -0.2) is 31.7 Å². The largest absolute Gasteiger partial charge is 0.366 e. The fraction of sp³-hybridized carbons (Fsp3) is 0.429. The second-order valence-corrected chi connectivity index (χ2v) is 7.82. The van der Waals surface area contributed by atoms with Crippen LogP contribution >= 0.6 is 0 Å². The number of hydrogen-bond donors (Lipinski definition) is 2. The van der Waals surface area contributed by atoms with E-state index in [-0.39, 0.29) is 29.8 Å². The van der Waals surface area contributed by atoms with Crippen molar-refractivity contribution in [3.8, 4) is 0 Å². The van der Waals surface area contributed by atoms with Crippen LogP contribution in [0.25, 0.3) is 11.2 Å². The number of nitrogens with zero attached hydrogens (tertiary/aromatic N) is 4. The van der Waals surface area contributed by atoms with Gasteiger partial charge in [0.2, 0.25) is 5.95 Å². The van der Waals surface area contributed by atoms with Gasteiger partial charge in [-0.25, -0.2) is 18.6 Å². The lowest BCUT2D eigenvalue weighted by Crippen LogP contribution is -2.29. The summed E-state index contributed by atoms with van der Waals surface area (Å²) in [5.74, 6) is -1.44. The van der Waals surface area contributed by atoms with Gasteiger partial charge >= 0.3 is 5.69 Å². The molecule has 3 N–H and O–H groups in total. The molecular formula is C21H24F2N6O2. The molecule has 2 heterocycles. The number of imidazole rings is 1. The van der Waals surface area contributed by atoms with Gasteiger partial charge in [0.05, 0.1) is 18.3 Å². The molecule has 0 radical (unpaired) electrons. The Morgan fingerprint density at radius 2 is 2.03 bits per heavy atom. The van der Waals surface area contributed by atoms with Gasteiger partial charge in [0.15, 0.2) is 5.65 Å². The number of amides is 1. The molecule has 0 spiro atoms. The zero-order valence-electron chi connectivity index (χ0n) is 17.2. The molecule has 10 heteroatoms. The average Bonchev–Trinajstić information content (AvgIpc) is 3.02. The maximum absolute atomic E-state index is 14.2. The van der Waals surface area contributed by atoms with Gasteiger partial charge in [0.1, 0.15) is 18.0 Å². The molecule has 0 bridgehead atoms. The standard InChI is InChI=1S/C21H24F2N6O2/c1-12-9-14(18(24)30)15(23)10-16(12)26-20-25-11-17-19(27-20)29(13-5-3-2-4-6-13)21(31)28(17)8-7-22/h9-11,13H,2-8H2,1H3,(H2,24,30)(H,25,26,27). The molecule has 164 valence electrons. The van der Waals surface area contributed by atoms with E-state index >= 15 is 0 Å². The molecule has 1 aromatic carbocycles. The maximum atomic E-state index is 14.2. The van der Waals surface area contributed by atoms with Crippen LogP contribution in [-0.2, 0) is 6.54 Å². The number of aryl methyl sites for hydroxylation is 2. The van der Waals surface area contributed by atoms with Crippen LogP contribution < -0.4 is 16.7 Å². The first kappa shape index (κ1) is 21.0. The summed E-state index contributed by atoms with van der Waals surface area (Å²) >= 11 is 0. The fourth-order valence-corrected chi connectivity index (χ4v) is 4.21. The van der Waals surface area contributed by atoms with Crippen molar-refractivity contribution in [3.05, 3.63) is 45.8 Å². The van der Waals surface area contributed by atoms with Crippen LogP contribution in [0.15, 0.2) is 23.1 Å². The summed E-state index contributed by atoms with van der Waals surface area (Å²) in [6.45, 7) is 0.959. The lowest BCUT2D eigenvalue weighted by molar-refractivity contribution is 0.0996. The van der Waals surface area contributed by atoms with Crippen LogP contribution in [0.2, 0.25) is 0 Å². The molecule has 1 aliphatic carbocycles. The Morgan fingerprint density at radius 3 is 2.71 bits per heavy atom. The molecule has 3 aromatic rings. The summed E-state index contributed by atoms with van der Waals surface area (Å²) in [7, 11) is 0. The van der Waals surface area contributed by atoms with Crippen LogP contribution in [0.3, 0.4) is 0 Å². The fourth-order valence-electron chi connectivity index (χ4n) is 4.21. The predicted octanol–water partition coefficient (Wildman–Crippen LogP) is 3.36. The highest BCUT2D eigenvalue weighted by Gasteiger charge is 2.24. The minimum absolute atomic E-state index is 0.00129. The number of hydrogen-bond acceptors (Lipinski definition) is 5. The van der Waals surface area contributed by atoms with Gasteiger partial charge in [-0.05, 0) is 37.5 Å². The van der Waals surface area contributed by atoms with E-state index in [0.717, 1.165) is 38.2 Å². The van der Waals surface area contributed by atoms with E-state index in [1.54, 1.807) is 11.5 Å². The third-order valence-corrected chi connectivity index (χ3v) is 5.78. The zero-order valence-corrected chi connectivity index (χ0v) is 17.2.